The Bertz CT molecular complexity index is 855. The molecule has 25 heavy (non-hydrogen) atoms. The number of nitrogens with one attached hydrogen (secondary N) is 2. The van der Waals surface area contributed by atoms with E-state index in [9.17, 15) is 9.59 Å². The fourth-order valence-corrected chi connectivity index (χ4v) is 2.10. The van der Waals surface area contributed by atoms with Crippen molar-refractivity contribution in [2.45, 2.75) is 0 Å². The molecule has 0 heterocycles. The Labute approximate surface area is 149 Å². The van der Waals surface area contributed by atoms with Gasteiger partial charge in [-0.3, -0.25) is 10.1 Å². The number of halogens is 1. The number of hydrogen-bond donors (Lipinski definition) is 2. The maximum absolute atomic E-state index is 12.1. The summed E-state index contributed by atoms with van der Waals surface area (Å²) in [6, 6.07) is 14.3. The highest BCUT2D eigenvalue weighted by atomic mass is 35.5. The first-order valence-electron chi connectivity index (χ1n) is 7.15. The fourth-order valence-electron chi connectivity index (χ4n) is 1.91. The number of nitriles is 1. The molecule has 0 saturated carbocycles. The van der Waals surface area contributed by atoms with Crippen molar-refractivity contribution in [3.63, 3.8) is 0 Å². The SMILES string of the molecule is COc1ccc(C=C(C#N)C(=O)NC(=O)Nc2cccc(Cl)c2)cc1. The number of carbonyl (C=O) groups is 2. The molecule has 0 fully saturated rings. The van der Waals surface area contributed by atoms with Gasteiger partial charge in [-0.05, 0) is 42.0 Å². The average Bonchev–Trinajstić information content (AvgIpc) is 2.60. The van der Waals surface area contributed by atoms with E-state index in [1.807, 2.05) is 0 Å². The summed E-state index contributed by atoms with van der Waals surface area (Å²) in [5.41, 5.74) is 0.851. The van der Waals surface area contributed by atoms with Crippen molar-refractivity contribution in [3.05, 3.63) is 64.7 Å². The van der Waals surface area contributed by atoms with Gasteiger partial charge in [-0.25, -0.2) is 4.79 Å². The predicted octanol–water partition coefficient (Wildman–Crippen LogP) is 3.60. The second-order valence-corrected chi connectivity index (χ2v) is 5.30. The molecule has 2 aromatic carbocycles. The van der Waals surface area contributed by atoms with Crippen molar-refractivity contribution >= 4 is 35.3 Å². The lowest BCUT2D eigenvalue weighted by atomic mass is 10.1. The molecule has 0 spiro atoms. The summed E-state index contributed by atoms with van der Waals surface area (Å²) in [7, 11) is 1.54. The maximum atomic E-state index is 12.1. The second-order valence-electron chi connectivity index (χ2n) is 4.86. The number of benzene rings is 2. The van der Waals surface area contributed by atoms with Gasteiger partial charge in [0.2, 0.25) is 0 Å². The highest BCUT2D eigenvalue weighted by Crippen LogP contribution is 2.15. The third kappa shape index (κ3) is 5.37. The lowest BCUT2D eigenvalue weighted by Crippen LogP contribution is -2.35. The van der Waals surface area contributed by atoms with Crippen molar-refractivity contribution < 1.29 is 14.3 Å². The number of carbonyl (C=O) groups excluding carboxylic acids is 2. The van der Waals surface area contributed by atoms with Gasteiger partial charge in [0.15, 0.2) is 0 Å². The molecule has 0 aliphatic carbocycles. The van der Waals surface area contributed by atoms with Crippen molar-refractivity contribution in [2.24, 2.45) is 0 Å². The first-order valence-corrected chi connectivity index (χ1v) is 7.53. The van der Waals surface area contributed by atoms with E-state index in [4.69, 9.17) is 21.6 Å². The van der Waals surface area contributed by atoms with E-state index in [0.29, 0.717) is 22.0 Å². The Morgan fingerprint density at radius 2 is 1.92 bits per heavy atom. The van der Waals surface area contributed by atoms with E-state index in [0.717, 1.165) is 0 Å². The van der Waals surface area contributed by atoms with Crippen LogP contribution < -0.4 is 15.4 Å². The van der Waals surface area contributed by atoms with Crippen LogP contribution in [0.5, 0.6) is 5.75 Å². The second kappa shape index (κ2) is 8.52. The van der Waals surface area contributed by atoms with Crippen LogP contribution in [0.1, 0.15) is 5.56 Å². The van der Waals surface area contributed by atoms with Crippen LogP contribution in [0.25, 0.3) is 6.08 Å². The van der Waals surface area contributed by atoms with Gasteiger partial charge in [-0.2, -0.15) is 5.26 Å². The van der Waals surface area contributed by atoms with Crippen molar-refractivity contribution in [1.82, 2.24) is 5.32 Å². The molecule has 3 amide bonds. The van der Waals surface area contributed by atoms with E-state index < -0.39 is 11.9 Å². The average molecular weight is 356 g/mol. The molecule has 6 nitrogen and oxygen atoms in total. The molecule has 2 rings (SSSR count). The number of imide groups is 1. The van der Waals surface area contributed by atoms with E-state index in [1.54, 1.807) is 48.5 Å². The Kier molecular flexibility index (Phi) is 6.15. The van der Waals surface area contributed by atoms with Gasteiger partial charge in [-0.15, -0.1) is 0 Å². The quantitative estimate of drug-likeness (QED) is 0.647. The number of ether oxygens (including phenoxy) is 1. The van der Waals surface area contributed by atoms with E-state index >= 15 is 0 Å². The van der Waals surface area contributed by atoms with E-state index in [1.165, 1.54) is 19.3 Å². The molecular weight excluding hydrogens is 342 g/mol. The maximum Gasteiger partial charge on any atom is 0.326 e. The topological polar surface area (TPSA) is 91.2 Å². The number of amides is 3. The molecular formula is C18H14ClN3O3. The van der Waals surface area contributed by atoms with Gasteiger partial charge in [-0.1, -0.05) is 29.8 Å². The molecule has 2 N–H and O–H groups in total. The van der Waals surface area contributed by atoms with Crippen LogP contribution in [0.15, 0.2) is 54.1 Å². The van der Waals surface area contributed by atoms with Crippen molar-refractivity contribution in [2.75, 3.05) is 12.4 Å². The third-order valence-electron chi connectivity index (χ3n) is 3.10. The lowest BCUT2D eigenvalue weighted by molar-refractivity contribution is -0.115. The van der Waals surface area contributed by atoms with Gasteiger partial charge >= 0.3 is 6.03 Å². The first-order chi connectivity index (χ1) is 12.0. The summed E-state index contributed by atoms with van der Waals surface area (Å²) in [4.78, 5) is 23.9. The number of methoxy groups -OCH3 is 1. The molecule has 0 aromatic heterocycles. The Hall–Kier alpha value is -3.30. The molecule has 0 bridgehead atoms. The predicted molar refractivity (Wildman–Crippen MR) is 95.2 cm³/mol. The molecule has 126 valence electrons. The monoisotopic (exact) mass is 355 g/mol. The third-order valence-corrected chi connectivity index (χ3v) is 3.34. The first kappa shape index (κ1) is 18.0. The minimum absolute atomic E-state index is 0.202. The Morgan fingerprint density at radius 3 is 2.52 bits per heavy atom. The van der Waals surface area contributed by atoms with Crippen LogP contribution in [0.3, 0.4) is 0 Å². The summed E-state index contributed by atoms with van der Waals surface area (Å²) in [5.74, 6) is -0.154. The summed E-state index contributed by atoms with van der Waals surface area (Å²) in [5, 5.41) is 14.1. The number of anilines is 1. The van der Waals surface area contributed by atoms with Gasteiger partial charge in [0.05, 0.1) is 7.11 Å². The van der Waals surface area contributed by atoms with Crippen LogP contribution in [0.2, 0.25) is 5.02 Å². The lowest BCUT2D eigenvalue weighted by Gasteiger charge is -2.06. The summed E-state index contributed by atoms with van der Waals surface area (Å²) in [6.07, 6.45) is 1.38. The zero-order chi connectivity index (χ0) is 18.2. The van der Waals surface area contributed by atoms with Crippen LogP contribution in [-0.4, -0.2) is 19.0 Å². The minimum atomic E-state index is -0.808. The molecule has 0 unspecified atom stereocenters. The minimum Gasteiger partial charge on any atom is -0.497 e. The van der Waals surface area contributed by atoms with Crippen LogP contribution >= 0.6 is 11.6 Å². The van der Waals surface area contributed by atoms with E-state index in [2.05, 4.69) is 10.6 Å². The number of nitrogens with zero attached hydrogens (tertiary/aromatic N) is 1. The molecule has 2 aromatic rings. The number of urea groups is 1. The fraction of sp³-hybridized carbons (Fsp3) is 0.0556. The largest absolute Gasteiger partial charge is 0.497 e. The molecule has 0 saturated heterocycles. The summed E-state index contributed by atoms with van der Waals surface area (Å²) < 4.78 is 5.04. The van der Waals surface area contributed by atoms with Crippen LogP contribution in [0, 0.1) is 11.3 Å². The highest BCUT2D eigenvalue weighted by molar-refractivity contribution is 6.30. The van der Waals surface area contributed by atoms with Crippen LogP contribution in [0.4, 0.5) is 10.5 Å². The smallest absolute Gasteiger partial charge is 0.326 e. The molecule has 0 atom stereocenters. The standard InChI is InChI=1S/C18H14ClN3O3/c1-25-16-7-5-12(6-8-16)9-13(11-20)17(23)22-18(24)21-15-4-2-3-14(19)10-15/h2-10H,1H3,(H2,21,22,23,24). The van der Waals surface area contributed by atoms with Gasteiger partial charge in [0, 0.05) is 10.7 Å². The zero-order valence-electron chi connectivity index (χ0n) is 13.2. The van der Waals surface area contributed by atoms with Crippen LogP contribution in [-0.2, 0) is 4.79 Å². The van der Waals surface area contributed by atoms with Crippen molar-refractivity contribution in [3.8, 4) is 11.8 Å². The van der Waals surface area contributed by atoms with Gasteiger partial charge < -0.3 is 10.1 Å². The normalized spacial score (nSPS) is 10.5. The molecule has 0 aliphatic rings. The summed E-state index contributed by atoms with van der Waals surface area (Å²) >= 11 is 5.82. The summed E-state index contributed by atoms with van der Waals surface area (Å²) in [6.45, 7) is 0. The van der Waals surface area contributed by atoms with E-state index in [-0.39, 0.29) is 5.57 Å². The molecule has 0 aliphatic heterocycles. The number of rotatable bonds is 4. The zero-order valence-corrected chi connectivity index (χ0v) is 14.0. The molecule has 0 radical (unpaired) electrons. The highest BCUT2D eigenvalue weighted by Gasteiger charge is 2.13. The Morgan fingerprint density at radius 1 is 1.20 bits per heavy atom. The van der Waals surface area contributed by atoms with Gasteiger partial charge in [0.1, 0.15) is 17.4 Å². The van der Waals surface area contributed by atoms with Gasteiger partial charge in [0.25, 0.3) is 5.91 Å². The number of hydrogen-bond acceptors (Lipinski definition) is 4. The Balaban J connectivity index is 2.04. The molecule has 7 heteroatoms. The van der Waals surface area contributed by atoms with Crippen molar-refractivity contribution in [1.29, 1.82) is 5.26 Å².